The van der Waals surface area contributed by atoms with Crippen LogP contribution in [0.1, 0.15) is 29.3 Å². The SMILES string of the molecule is Cc1cc(F)c(C(=O)N2CCSCC[C@@H]2C)cc1F. The first-order chi connectivity index (χ1) is 9.00. The highest BCUT2D eigenvalue weighted by Crippen LogP contribution is 2.21. The summed E-state index contributed by atoms with van der Waals surface area (Å²) in [6.07, 6.45) is 0.881. The van der Waals surface area contributed by atoms with Gasteiger partial charge in [0.2, 0.25) is 0 Å². The minimum absolute atomic E-state index is 0.0614. The van der Waals surface area contributed by atoms with Gasteiger partial charge in [-0.25, -0.2) is 8.78 Å². The average molecular weight is 285 g/mol. The fourth-order valence-electron chi connectivity index (χ4n) is 2.16. The number of carbonyl (C=O) groups excluding carboxylic acids is 1. The highest BCUT2D eigenvalue weighted by atomic mass is 32.2. The van der Waals surface area contributed by atoms with E-state index in [9.17, 15) is 13.6 Å². The van der Waals surface area contributed by atoms with Crippen LogP contribution in [0.4, 0.5) is 8.78 Å². The maximum Gasteiger partial charge on any atom is 0.257 e. The lowest BCUT2D eigenvalue weighted by atomic mass is 10.1. The molecule has 1 saturated heterocycles. The lowest BCUT2D eigenvalue weighted by Gasteiger charge is -2.27. The Labute approximate surface area is 116 Å². The summed E-state index contributed by atoms with van der Waals surface area (Å²) in [6, 6.07) is 2.16. The van der Waals surface area contributed by atoms with E-state index in [2.05, 4.69) is 0 Å². The van der Waals surface area contributed by atoms with Gasteiger partial charge in [0.05, 0.1) is 5.56 Å². The summed E-state index contributed by atoms with van der Waals surface area (Å²) in [6.45, 7) is 4.02. The third-order valence-electron chi connectivity index (χ3n) is 3.43. The zero-order valence-corrected chi connectivity index (χ0v) is 11.9. The first-order valence-electron chi connectivity index (χ1n) is 6.35. The number of aryl methyl sites for hydroxylation is 1. The smallest absolute Gasteiger partial charge is 0.257 e. The molecule has 1 heterocycles. The molecular formula is C14H17F2NOS. The standard InChI is InChI=1S/C14H17F2NOS/c1-9-7-13(16)11(8-12(9)15)14(18)17-4-6-19-5-3-10(17)2/h7-8,10H,3-6H2,1-2H3/t10-/m0/s1. The van der Waals surface area contributed by atoms with Crippen molar-refractivity contribution >= 4 is 17.7 Å². The Balaban J connectivity index is 2.30. The van der Waals surface area contributed by atoms with Gasteiger partial charge in [-0.15, -0.1) is 0 Å². The molecule has 2 nitrogen and oxygen atoms in total. The van der Waals surface area contributed by atoms with Crippen molar-refractivity contribution in [1.82, 2.24) is 4.90 Å². The lowest BCUT2D eigenvalue weighted by molar-refractivity contribution is 0.0701. The second-order valence-electron chi connectivity index (χ2n) is 4.83. The molecule has 1 fully saturated rings. The van der Waals surface area contributed by atoms with Gasteiger partial charge in [0.15, 0.2) is 0 Å². The van der Waals surface area contributed by atoms with Gasteiger partial charge in [0.1, 0.15) is 11.6 Å². The normalized spacial score (nSPS) is 20.2. The maximum atomic E-state index is 13.8. The predicted molar refractivity (Wildman–Crippen MR) is 73.5 cm³/mol. The summed E-state index contributed by atoms with van der Waals surface area (Å²) in [5.74, 6) is 0.239. The quantitative estimate of drug-likeness (QED) is 0.789. The molecule has 104 valence electrons. The molecule has 1 aromatic carbocycles. The molecule has 1 amide bonds. The van der Waals surface area contributed by atoms with Gasteiger partial charge in [0, 0.05) is 18.3 Å². The van der Waals surface area contributed by atoms with Crippen LogP contribution in [-0.2, 0) is 0 Å². The van der Waals surface area contributed by atoms with Gasteiger partial charge in [-0.05, 0) is 43.7 Å². The highest BCUT2D eigenvalue weighted by molar-refractivity contribution is 7.99. The third-order valence-corrected chi connectivity index (χ3v) is 4.42. The fourth-order valence-corrected chi connectivity index (χ4v) is 3.20. The van der Waals surface area contributed by atoms with Crippen LogP contribution < -0.4 is 0 Å². The van der Waals surface area contributed by atoms with E-state index in [1.54, 1.807) is 16.7 Å². The van der Waals surface area contributed by atoms with E-state index in [1.165, 1.54) is 6.92 Å². The number of hydrogen-bond donors (Lipinski definition) is 0. The van der Waals surface area contributed by atoms with Crippen molar-refractivity contribution in [1.29, 1.82) is 0 Å². The zero-order valence-electron chi connectivity index (χ0n) is 11.1. The molecule has 0 spiro atoms. The van der Waals surface area contributed by atoms with Crippen molar-refractivity contribution in [2.24, 2.45) is 0 Å². The summed E-state index contributed by atoms with van der Waals surface area (Å²) >= 11 is 1.78. The molecule has 0 saturated carbocycles. The van der Waals surface area contributed by atoms with Gasteiger partial charge in [0.25, 0.3) is 5.91 Å². The Morgan fingerprint density at radius 1 is 1.32 bits per heavy atom. The summed E-state index contributed by atoms with van der Waals surface area (Å²) < 4.78 is 27.4. The molecule has 0 aliphatic carbocycles. The Bertz CT molecular complexity index is 493. The van der Waals surface area contributed by atoms with E-state index in [0.717, 1.165) is 30.1 Å². The first kappa shape index (κ1) is 14.3. The van der Waals surface area contributed by atoms with Crippen molar-refractivity contribution in [3.63, 3.8) is 0 Å². The first-order valence-corrected chi connectivity index (χ1v) is 7.50. The third kappa shape index (κ3) is 3.08. The topological polar surface area (TPSA) is 20.3 Å². The lowest BCUT2D eigenvalue weighted by Crippen LogP contribution is -2.39. The molecule has 5 heteroatoms. The van der Waals surface area contributed by atoms with E-state index in [1.807, 2.05) is 6.92 Å². The second kappa shape index (κ2) is 5.90. The summed E-state index contributed by atoms with van der Waals surface area (Å²) in [5, 5.41) is 0. The molecule has 0 bridgehead atoms. The number of amides is 1. The number of benzene rings is 1. The van der Waals surface area contributed by atoms with Crippen molar-refractivity contribution in [2.75, 3.05) is 18.1 Å². The molecule has 0 radical (unpaired) electrons. The monoisotopic (exact) mass is 285 g/mol. The molecular weight excluding hydrogens is 268 g/mol. The number of carbonyl (C=O) groups is 1. The van der Waals surface area contributed by atoms with Crippen molar-refractivity contribution in [3.8, 4) is 0 Å². The largest absolute Gasteiger partial charge is 0.335 e. The van der Waals surface area contributed by atoms with Crippen LogP contribution in [0.25, 0.3) is 0 Å². The molecule has 0 N–H and O–H groups in total. The van der Waals surface area contributed by atoms with Gasteiger partial charge >= 0.3 is 0 Å². The van der Waals surface area contributed by atoms with E-state index in [0.29, 0.717) is 6.54 Å². The Kier molecular flexibility index (Phi) is 4.45. The van der Waals surface area contributed by atoms with E-state index in [4.69, 9.17) is 0 Å². The van der Waals surface area contributed by atoms with Crippen LogP contribution in [0.15, 0.2) is 12.1 Å². The van der Waals surface area contributed by atoms with Gasteiger partial charge in [-0.3, -0.25) is 4.79 Å². The van der Waals surface area contributed by atoms with Gasteiger partial charge in [-0.1, -0.05) is 0 Å². The second-order valence-corrected chi connectivity index (χ2v) is 6.05. The Hall–Kier alpha value is -1.10. The Morgan fingerprint density at radius 2 is 2.05 bits per heavy atom. The summed E-state index contributed by atoms with van der Waals surface area (Å²) in [4.78, 5) is 14.0. The molecule has 1 aromatic rings. The highest BCUT2D eigenvalue weighted by Gasteiger charge is 2.26. The number of hydrogen-bond acceptors (Lipinski definition) is 2. The summed E-state index contributed by atoms with van der Waals surface area (Å²) in [7, 11) is 0. The minimum Gasteiger partial charge on any atom is -0.335 e. The molecule has 0 aromatic heterocycles. The summed E-state index contributed by atoms with van der Waals surface area (Å²) in [5.41, 5.74) is 0.0513. The van der Waals surface area contributed by atoms with E-state index < -0.39 is 17.5 Å². The van der Waals surface area contributed by atoms with E-state index >= 15 is 0 Å². The van der Waals surface area contributed by atoms with Crippen molar-refractivity contribution in [3.05, 3.63) is 34.9 Å². The number of nitrogens with zero attached hydrogens (tertiary/aromatic N) is 1. The molecule has 0 unspecified atom stereocenters. The fraction of sp³-hybridized carbons (Fsp3) is 0.500. The van der Waals surface area contributed by atoms with Crippen molar-refractivity contribution in [2.45, 2.75) is 26.3 Å². The van der Waals surface area contributed by atoms with Crippen LogP contribution in [-0.4, -0.2) is 34.9 Å². The molecule has 19 heavy (non-hydrogen) atoms. The van der Waals surface area contributed by atoms with Crippen LogP contribution in [0.2, 0.25) is 0 Å². The Morgan fingerprint density at radius 3 is 2.79 bits per heavy atom. The number of thioether (sulfide) groups is 1. The van der Waals surface area contributed by atoms with Crippen LogP contribution in [0.3, 0.4) is 0 Å². The van der Waals surface area contributed by atoms with Gasteiger partial charge in [-0.2, -0.15) is 11.8 Å². The molecule has 1 aliphatic heterocycles. The van der Waals surface area contributed by atoms with Crippen LogP contribution in [0, 0.1) is 18.6 Å². The maximum absolute atomic E-state index is 13.8. The molecule has 1 aliphatic rings. The zero-order chi connectivity index (χ0) is 14.0. The number of halogens is 2. The number of rotatable bonds is 1. The van der Waals surface area contributed by atoms with Crippen LogP contribution in [0.5, 0.6) is 0 Å². The predicted octanol–water partition coefficient (Wildman–Crippen LogP) is 3.24. The van der Waals surface area contributed by atoms with E-state index in [-0.39, 0.29) is 17.2 Å². The molecule has 1 atom stereocenters. The molecule has 2 rings (SSSR count). The minimum atomic E-state index is -0.645. The van der Waals surface area contributed by atoms with Crippen molar-refractivity contribution < 1.29 is 13.6 Å². The average Bonchev–Trinajstić information content (AvgIpc) is 2.58. The van der Waals surface area contributed by atoms with Crippen LogP contribution >= 0.6 is 11.8 Å². The van der Waals surface area contributed by atoms with Gasteiger partial charge < -0.3 is 4.90 Å².